The van der Waals surface area contributed by atoms with Crippen LogP contribution >= 0.6 is 0 Å². The maximum atomic E-state index is 16.5. The van der Waals surface area contributed by atoms with Crippen molar-refractivity contribution < 1.29 is 19.7 Å². The third-order valence-corrected chi connectivity index (χ3v) is 8.35. The standard InChI is InChI=1S/C29H30FN5O3/c30-26-22(24-10-20(37)9-16-3-1-2-4-21(16)24)7-8-23-27(26)32-29(35-11-17(15-36)25(38)14-35)33-28(23)34-12-18-5-6-19(13-34)31-18/h1-4,7-10,17-19,25,31,36-38H,5-6,11-15H2. The molecule has 3 fully saturated rings. The number of aliphatic hydroxyl groups excluding tert-OH is 2. The lowest BCUT2D eigenvalue weighted by Crippen LogP contribution is -2.51. The average molecular weight is 516 g/mol. The Kier molecular flexibility index (Phi) is 5.61. The molecule has 4 N–H and O–H groups in total. The molecule has 8 nitrogen and oxygen atoms in total. The van der Waals surface area contributed by atoms with Gasteiger partial charge in [0, 0.05) is 55.1 Å². The number of phenols is 1. The summed E-state index contributed by atoms with van der Waals surface area (Å²) >= 11 is 0. The third-order valence-electron chi connectivity index (χ3n) is 8.35. The molecule has 3 saturated heterocycles. The summed E-state index contributed by atoms with van der Waals surface area (Å²) in [7, 11) is 0. The fourth-order valence-electron chi connectivity index (χ4n) is 6.41. The van der Waals surface area contributed by atoms with E-state index >= 15 is 4.39 Å². The van der Waals surface area contributed by atoms with Gasteiger partial charge in [-0.25, -0.2) is 9.37 Å². The highest BCUT2D eigenvalue weighted by Crippen LogP contribution is 2.39. The second kappa shape index (κ2) is 9.04. The van der Waals surface area contributed by atoms with Gasteiger partial charge in [0.25, 0.3) is 0 Å². The molecule has 0 saturated carbocycles. The van der Waals surface area contributed by atoms with Crippen molar-refractivity contribution in [2.45, 2.75) is 31.0 Å². The highest BCUT2D eigenvalue weighted by atomic mass is 19.1. The molecule has 0 spiro atoms. The number of nitrogens with zero attached hydrogens (tertiary/aromatic N) is 4. The lowest BCUT2D eigenvalue weighted by molar-refractivity contribution is 0.104. The Balaban J connectivity index is 1.42. The maximum Gasteiger partial charge on any atom is 0.228 e. The molecule has 2 bridgehead atoms. The first-order valence-corrected chi connectivity index (χ1v) is 13.3. The summed E-state index contributed by atoms with van der Waals surface area (Å²) in [6.07, 6.45) is 1.51. The molecule has 7 rings (SSSR count). The minimum Gasteiger partial charge on any atom is -0.508 e. The number of piperazine rings is 1. The Morgan fingerprint density at radius 1 is 0.895 bits per heavy atom. The van der Waals surface area contributed by atoms with Gasteiger partial charge >= 0.3 is 0 Å². The Hall–Kier alpha value is -3.53. The number of fused-ring (bicyclic) bond motifs is 4. The number of β-amino-alcohol motifs (C(OH)–C–C–N with tert-alkyl or cyclic N) is 1. The van der Waals surface area contributed by atoms with Gasteiger partial charge in [0.1, 0.15) is 17.1 Å². The van der Waals surface area contributed by atoms with Gasteiger partial charge in [0.15, 0.2) is 5.82 Å². The summed E-state index contributed by atoms with van der Waals surface area (Å²) < 4.78 is 16.5. The van der Waals surface area contributed by atoms with E-state index in [1.807, 2.05) is 35.2 Å². The largest absolute Gasteiger partial charge is 0.508 e. The number of aromatic hydroxyl groups is 1. The zero-order valence-corrected chi connectivity index (χ0v) is 20.9. The van der Waals surface area contributed by atoms with Crippen molar-refractivity contribution in [3.63, 3.8) is 0 Å². The number of phenolic OH excluding ortho intramolecular Hbond substituents is 1. The number of hydrogen-bond acceptors (Lipinski definition) is 8. The van der Waals surface area contributed by atoms with E-state index in [1.165, 1.54) is 0 Å². The number of aromatic nitrogens is 2. The third kappa shape index (κ3) is 3.84. The highest BCUT2D eigenvalue weighted by Gasteiger charge is 2.36. The summed E-state index contributed by atoms with van der Waals surface area (Å²) in [5.74, 6) is 0.337. The number of halogens is 1. The minimum atomic E-state index is -0.701. The number of aliphatic hydroxyl groups is 2. The molecule has 4 unspecified atom stereocenters. The van der Waals surface area contributed by atoms with E-state index in [9.17, 15) is 15.3 Å². The molecular formula is C29H30FN5O3. The van der Waals surface area contributed by atoms with E-state index in [2.05, 4.69) is 10.2 Å². The van der Waals surface area contributed by atoms with Crippen molar-refractivity contribution in [2.24, 2.45) is 5.92 Å². The van der Waals surface area contributed by atoms with Crippen LogP contribution in [0.3, 0.4) is 0 Å². The molecule has 196 valence electrons. The lowest BCUT2D eigenvalue weighted by Gasteiger charge is -2.34. The van der Waals surface area contributed by atoms with Crippen molar-refractivity contribution in [3.8, 4) is 16.9 Å². The number of hydrogen-bond donors (Lipinski definition) is 4. The van der Waals surface area contributed by atoms with Crippen molar-refractivity contribution in [1.29, 1.82) is 0 Å². The predicted octanol–water partition coefficient (Wildman–Crippen LogP) is 3.02. The van der Waals surface area contributed by atoms with Gasteiger partial charge in [-0.15, -0.1) is 0 Å². The van der Waals surface area contributed by atoms with E-state index in [-0.39, 0.29) is 30.3 Å². The summed E-state index contributed by atoms with van der Waals surface area (Å²) in [4.78, 5) is 13.7. The monoisotopic (exact) mass is 515 g/mol. The Morgan fingerprint density at radius 3 is 2.45 bits per heavy atom. The molecule has 4 heterocycles. The quantitative estimate of drug-likeness (QED) is 0.329. The molecule has 3 aliphatic heterocycles. The zero-order chi connectivity index (χ0) is 26.0. The summed E-state index contributed by atoms with van der Waals surface area (Å²) in [6, 6.07) is 15.2. The normalized spacial score (nSPS) is 25.1. The second-order valence-electron chi connectivity index (χ2n) is 10.8. The van der Waals surface area contributed by atoms with Gasteiger partial charge in [0.2, 0.25) is 5.95 Å². The van der Waals surface area contributed by atoms with Crippen molar-refractivity contribution >= 4 is 33.4 Å². The first-order chi connectivity index (χ1) is 18.5. The van der Waals surface area contributed by atoms with Crippen LogP contribution in [0.25, 0.3) is 32.8 Å². The number of rotatable bonds is 4. The smallest absolute Gasteiger partial charge is 0.228 e. The van der Waals surface area contributed by atoms with Gasteiger partial charge in [-0.3, -0.25) is 0 Å². The first kappa shape index (κ1) is 23.6. The molecular weight excluding hydrogens is 485 g/mol. The Morgan fingerprint density at radius 2 is 1.68 bits per heavy atom. The number of benzene rings is 3. The molecule has 1 aromatic heterocycles. The first-order valence-electron chi connectivity index (χ1n) is 13.3. The molecule has 4 atom stereocenters. The molecule has 3 aliphatic rings. The van der Waals surface area contributed by atoms with Crippen molar-refractivity contribution in [1.82, 2.24) is 15.3 Å². The SMILES string of the molecule is OCC1CN(c2nc(N3CC4CCC(C3)N4)c3ccc(-c4cc(O)cc5ccccc45)c(F)c3n2)CC1O. The topological polar surface area (TPSA) is 105 Å². The summed E-state index contributed by atoms with van der Waals surface area (Å²) in [6.45, 7) is 2.10. The van der Waals surface area contributed by atoms with E-state index in [4.69, 9.17) is 9.97 Å². The van der Waals surface area contributed by atoms with Crippen LogP contribution in [0.1, 0.15) is 12.8 Å². The van der Waals surface area contributed by atoms with Crippen molar-refractivity contribution in [3.05, 3.63) is 54.3 Å². The number of nitrogens with one attached hydrogen (secondary N) is 1. The number of anilines is 2. The van der Waals surface area contributed by atoms with Gasteiger partial charge in [-0.05, 0) is 47.4 Å². The van der Waals surface area contributed by atoms with Crippen LogP contribution in [0.5, 0.6) is 5.75 Å². The predicted molar refractivity (Wildman–Crippen MR) is 145 cm³/mol. The summed E-state index contributed by atoms with van der Waals surface area (Å²) in [5, 5.41) is 36.5. The highest BCUT2D eigenvalue weighted by molar-refractivity contribution is 6.01. The second-order valence-corrected chi connectivity index (χ2v) is 10.8. The van der Waals surface area contributed by atoms with Crippen LogP contribution in [0.2, 0.25) is 0 Å². The van der Waals surface area contributed by atoms with Crippen LogP contribution in [0.15, 0.2) is 48.5 Å². The van der Waals surface area contributed by atoms with Gasteiger partial charge < -0.3 is 30.4 Å². The zero-order valence-electron chi connectivity index (χ0n) is 20.9. The van der Waals surface area contributed by atoms with Crippen LogP contribution in [0, 0.1) is 11.7 Å². The fraction of sp³-hybridized carbons (Fsp3) is 0.379. The van der Waals surface area contributed by atoms with Gasteiger partial charge in [0.05, 0.1) is 12.7 Å². The Bertz CT molecular complexity index is 1540. The van der Waals surface area contributed by atoms with Crippen LogP contribution in [0.4, 0.5) is 16.2 Å². The van der Waals surface area contributed by atoms with E-state index in [1.54, 1.807) is 18.2 Å². The van der Waals surface area contributed by atoms with Gasteiger partial charge in [-0.1, -0.05) is 30.3 Å². The average Bonchev–Trinajstić information content (AvgIpc) is 3.48. The molecule has 38 heavy (non-hydrogen) atoms. The van der Waals surface area contributed by atoms with Crippen molar-refractivity contribution in [2.75, 3.05) is 42.6 Å². The van der Waals surface area contributed by atoms with Crippen LogP contribution in [-0.4, -0.2) is 76.3 Å². The van der Waals surface area contributed by atoms with Gasteiger partial charge in [-0.2, -0.15) is 4.98 Å². The van der Waals surface area contributed by atoms with E-state index in [0.717, 1.165) is 36.7 Å². The fourth-order valence-corrected chi connectivity index (χ4v) is 6.41. The maximum absolute atomic E-state index is 16.5. The van der Waals surface area contributed by atoms with Crippen LogP contribution in [-0.2, 0) is 0 Å². The molecule has 0 aliphatic carbocycles. The lowest BCUT2D eigenvalue weighted by atomic mass is 9.96. The molecule has 0 amide bonds. The van der Waals surface area contributed by atoms with Crippen LogP contribution < -0.4 is 15.1 Å². The summed E-state index contributed by atoms with van der Waals surface area (Å²) in [5.41, 5.74) is 1.16. The van der Waals surface area contributed by atoms with E-state index in [0.29, 0.717) is 46.9 Å². The molecule has 3 aromatic carbocycles. The van der Waals surface area contributed by atoms with E-state index < -0.39 is 11.9 Å². The Labute approximate surface area is 219 Å². The molecule has 0 radical (unpaired) electrons. The molecule has 4 aromatic rings. The molecule has 9 heteroatoms. The minimum absolute atomic E-state index is 0.0691.